The molecule has 3 atom stereocenters. The van der Waals surface area contributed by atoms with E-state index in [0.717, 1.165) is 22.3 Å². The van der Waals surface area contributed by atoms with Crippen LogP contribution in [-0.4, -0.2) is 60.4 Å². The molecular weight excluding hydrogens is 524 g/mol. The van der Waals surface area contributed by atoms with Crippen molar-refractivity contribution in [1.82, 2.24) is 20.9 Å². The summed E-state index contributed by atoms with van der Waals surface area (Å²) in [4.78, 5) is 28.7. The number of guanidine groups is 1. The molecule has 1 heterocycles. The lowest BCUT2D eigenvalue weighted by Gasteiger charge is -2.32. The number of carbonyl (C=O) groups excluding carboxylic acids is 2. The molecule has 3 aromatic rings. The molecule has 8 nitrogen and oxygen atoms in total. The first-order chi connectivity index (χ1) is 20.3. The number of nitrogens with two attached hydrogens (primary N) is 1. The van der Waals surface area contributed by atoms with Crippen molar-refractivity contribution in [2.45, 2.75) is 50.7 Å². The van der Waals surface area contributed by atoms with E-state index < -0.39 is 6.04 Å². The molecule has 1 unspecified atom stereocenters. The van der Waals surface area contributed by atoms with E-state index in [9.17, 15) is 9.59 Å². The Balaban J connectivity index is 1.52. The van der Waals surface area contributed by atoms with Crippen LogP contribution in [0.4, 0.5) is 0 Å². The van der Waals surface area contributed by atoms with E-state index in [4.69, 9.17) is 11.1 Å². The Labute approximate surface area is 248 Å². The normalized spacial score (nSPS) is 18.1. The van der Waals surface area contributed by atoms with Gasteiger partial charge in [-0.05, 0) is 42.5 Å². The second kappa shape index (κ2) is 15.0. The molecule has 0 aliphatic carbocycles. The van der Waals surface area contributed by atoms with Gasteiger partial charge in [0.25, 0.3) is 0 Å². The Kier molecular flexibility index (Phi) is 10.9. The van der Waals surface area contributed by atoms with Crippen molar-refractivity contribution >= 4 is 23.8 Å². The van der Waals surface area contributed by atoms with Gasteiger partial charge in [-0.2, -0.15) is 0 Å². The number of aryl methyl sites for hydroxylation is 1. The third-order valence-corrected chi connectivity index (χ3v) is 7.76. The van der Waals surface area contributed by atoms with Gasteiger partial charge in [-0.25, -0.2) is 0 Å². The van der Waals surface area contributed by atoms with Crippen LogP contribution in [-0.2, 0) is 9.59 Å². The molecule has 0 bridgehead atoms. The quantitative estimate of drug-likeness (QED) is 0.137. The first-order valence-corrected chi connectivity index (χ1v) is 14.6. The number of carbonyl (C=O) groups is 2. The largest absolute Gasteiger partial charge is 0.370 e. The summed E-state index contributed by atoms with van der Waals surface area (Å²) in [5.41, 5.74) is 10.1. The van der Waals surface area contributed by atoms with Crippen LogP contribution in [0.25, 0.3) is 6.08 Å². The highest BCUT2D eigenvalue weighted by Crippen LogP contribution is 2.27. The van der Waals surface area contributed by atoms with E-state index >= 15 is 0 Å². The van der Waals surface area contributed by atoms with Gasteiger partial charge in [-0.1, -0.05) is 97.4 Å². The van der Waals surface area contributed by atoms with Gasteiger partial charge in [-0.3, -0.25) is 20.3 Å². The zero-order chi connectivity index (χ0) is 29.9. The molecule has 0 spiro atoms. The molecule has 42 heavy (non-hydrogen) atoms. The topological polar surface area (TPSA) is 123 Å². The summed E-state index contributed by atoms with van der Waals surface area (Å²) >= 11 is 0. The average Bonchev–Trinajstić information content (AvgIpc) is 3.16. The van der Waals surface area contributed by atoms with Crippen LogP contribution in [0.15, 0.2) is 91.0 Å². The van der Waals surface area contributed by atoms with Crippen molar-refractivity contribution in [3.63, 3.8) is 0 Å². The van der Waals surface area contributed by atoms with Crippen molar-refractivity contribution in [2.75, 3.05) is 19.6 Å². The maximum Gasteiger partial charge on any atom is 0.244 e. The third-order valence-electron chi connectivity index (χ3n) is 7.76. The fourth-order valence-electron chi connectivity index (χ4n) is 5.41. The molecular formula is C34H42N6O2. The molecule has 0 aromatic heterocycles. The molecule has 1 aliphatic rings. The summed E-state index contributed by atoms with van der Waals surface area (Å²) in [6.45, 7) is 5.41. The van der Waals surface area contributed by atoms with Crippen molar-refractivity contribution in [3.8, 4) is 0 Å². The maximum atomic E-state index is 14.1. The summed E-state index contributed by atoms with van der Waals surface area (Å²) in [6, 6.07) is 27.3. The highest BCUT2D eigenvalue weighted by molar-refractivity contribution is 5.91. The minimum Gasteiger partial charge on any atom is -0.370 e. The summed E-state index contributed by atoms with van der Waals surface area (Å²) in [7, 11) is 0. The van der Waals surface area contributed by atoms with E-state index in [-0.39, 0.29) is 35.8 Å². The Morgan fingerprint density at radius 1 is 1.05 bits per heavy atom. The predicted octanol–water partition coefficient (Wildman–Crippen LogP) is 3.78. The van der Waals surface area contributed by atoms with Crippen LogP contribution in [0.1, 0.15) is 47.9 Å². The van der Waals surface area contributed by atoms with Gasteiger partial charge < -0.3 is 21.3 Å². The minimum atomic E-state index is -0.612. The first kappa shape index (κ1) is 30.5. The van der Waals surface area contributed by atoms with Crippen LogP contribution in [0.5, 0.6) is 0 Å². The number of hydrogen-bond donors (Lipinski definition) is 5. The Morgan fingerprint density at radius 3 is 2.24 bits per heavy atom. The van der Waals surface area contributed by atoms with Crippen LogP contribution in [0.3, 0.4) is 0 Å². The van der Waals surface area contributed by atoms with Gasteiger partial charge in [0, 0.05) is 37.7 Å². The smallest absolute Gasteiger partial charge is 0.244 e. The summed E-state index contributed by atoms with van der Waals surface area (Å²) < 4.78 is 0. The Hall–Kier alpha value is -4.43. The fourth-order valence-corrected chi connectivity index (χ4v) is 5.41. The summed E-state index contributed by atoms with van der Waals surface area (Å²) in [5, 5.41) is 17.3. The maximum absolute atomic E-state index is 14.1. The second-order valence-electron chi connectivity index (χ2n) is 10.9. The lowest BCUT2D eigenvalue weighted by atomic mass is 9.90. The van der Waals surface area contributed by atoms with Crippen LogP contribution in [0, 0.1) is 12.3 Å². The van der Waals surface area contributed by atoms with Gasteiger partial charge in [-0.15, -0.1) is 0 Å². The summed E-state index contributed by atoms with van der Waals surface area (Å²) in [6.07, 6.45) is 4.58. The molecule has 1 fully saturated rings. The number of nitrogens with zero attached hydrogens (tertiary/aromatic N) is 1. The molecule has 2 amide bonds. The van der Waals surface area contributed by atoms with Gasteiger partial charge in [0.2, 0.25) is 11.8 Å². The second-order valence-corrected chi connectivity index (χ2v) is 10.9. The Bertz CT molecular complexity index is 1300. The molecule has 8 heteroatoms. The number of benzene rings is 3. The van der Waals surface area contributed by atoms with Gasteiger partial charge in [0.05, 0.1) is 6.04 Å². The van der Waals surface area contributed by atoms with E-state index in [0.29, 0.717) is 32.5 Å². The summed E-state index contributed by atoms with van der Waals surface area (Å²) in [5.74, 6) is -0.408. The van der Waals surface area contributed by atoms with Gasteiger partial charge in [0.1, 0.15) is 6.04 Å². The van der Waals surface area contributed by atoms with E-state index in [2.05, 4.69) is 40.2 Å². The minimum absolute atomic E-state index is 0.000932. The Morgan fingerprint density at radius 2 is 1.67 bits per heavy atom. The van der Waals surface area contributed by atoms with Crippen molar-refractivity contribution < 1.29 is 9.59 Å². The molecule has 1 saturated heterocycles. The molecule has 220 valence electrons. The van der Waals surface area contributed by atoms with Crippen molar-refractivity contribution in [1.29, 1.82) is 5.41 Å². The lowest BCUT2D eigenvalue weighted by Crippen LogP contribution is -2.60. The van der Waals surface area contributed by atoms with E-state index in [1.54, 1.807) is 6.08 Å². The van der Waals surface area contributed by atoms with Crippen molar-refractivity contribution in [2.24, 2.45) is 5.73 Å². The molecule has 0 saturated carbocycles. The van der Waals surface area contributed by atoms with Crippen molar-refractivity contribution in [3.05, 3.63) is 113 Å². The first-order valence-electron chi connectivity index (χ1n) is 14.6. The number of rotatable bonds is 11. The predicted molar refractivity (Wildman–Crippen MR) is 169 cm³/mol. The van der Waals surface area contributed by atoms with E-state index in [1.807, 2.05) is 79.4 Å². The molecule has 3 aromatic carbocycles. The molecule has 4 rings (SSSR count). The lowest BCUT2D eigenvalue weighted by molar-refractivity contribution is -0.133. The zero-order valence-electron chi connectivity index (χ0n) is 24.4. The van der Waals surface area contributed by atoms with Crippen LogP contribution in [0.2, 0.25) is 0 Å². The average molecular weight is 567 g/mol. The number of hydrogen-bond acceptors (Lipinski definition) is 4. The van der Waals surface area contributed by atoms with Crippen LogP contribution >= 0.6 is 0 Å². The fraction of sp³-hybridized carbons (Fsp3) is 0.324. The monoisotopic (exact) mass is 566 g/mol. The number of nitrogens with one attached hydrogen (secondary N) is 4. The molecule has 1 aliphatic heterocycles. The zero-order valence-corrected chi connectivity index (χ0v) is 24.4. The SMILES string of the molecule is CCC(NC(=N)N)[C@@H]1N[C@H](CNC(=O)/C=C/c2ccc(C)cc2)CCN(CC(c2ccccc2)c2ccccc2)C1=O. The highest BCUT2D eigenvalue weighted by atomic mass is 16.2. The van der Waals surface area contributed by atoms with Gasteiger partial charge >= 0.3 is 0 Å². The van der Waals surface area contributed by atoms with Crippen LogP contribution < -0.4 is 21.7 Å². The van der Waals surface area contributed by atoms with Gasteiger partial charge in [0.15, 0.2) is 5.96 Å². The third kappa shape index (κ3) is 8.54. The highest BCUT2D eigenvalue weighted by Gasteiger charge is 2.37. The molecule has 6 N–H and O–H groups in total. The molecule has 0 radical (unpaired) electrons. The standard InChI is InChI=1S/C34H42N6O2/c1-3-30(39-34(35)36)32-33(42)40(23-29(26-10-6-4-7-11-26)27-12-8-5-9-13-27)21-20-28(38-32)22-37-31(41)19-18-25-16-14-24(2)15-17-25/h4-19,28-30,32,38H,3,20-23H2,1-2H3,(H,37,41)(H4,35,36,39)/b19-18+/t28-,30?,32-/m0/s1. The van der Waals surface area contributed by atoms with E-state index in [1.165, 1.54) is 6.08 Å². The number of amides is 2.